The first-order valence-electron chi connectivity index (χ1n) is 21.2. The molecule has 6 aromatic heterocycles. The van der Waals surface area contributed by atoms with Crippen LogP contribution < -0.4 is 0 Å². The summed E-state index contributed by atoms with van der Waals surface area (Å²) in [4.78, 5) is 14.7. The van der Waals surface area contributed by atoms with Gasteiger partial charge in [-0.2, -0.15) is 0 Å². The molecule has 0 aliphatic heterocycles. The molecule has 0 bridgehead atoms. The first-order valence-corrected chi connectivity index (χ1v) is 21.2. The van der Waals surface area contributed by atoms with Crippen LogP contribution in [-0.4, -0.2) is 24.1 Å². The Morgan fingerprint density at radius 3 is 1.68 bits per heavy atom. The molecular formula is C57H35N5O. The molecule has 6 nitrogen and oxygen atoms in total. The Morgan fingerprint density at radius 1 is 0.349 bits per heavy atom. The van der Waals surface area contributed by atoms with Crippen molar-refractivity contribution in [1.82, 2.24) is 24.1 Å². The Morgan fingerprint density at radius 2 is 0.952 bits per heavy atom. The third-order valence-corrected chi connectivity index (χ3v) is 12.4. The summed E-state index contributed by atoms with van der Waals surface area (Å²) in [6.07, 6.45) is 5.76. The Hall–Kier alpha value is -8.61. The second-order valence-corrected chi connectivity index (χ2v) is 16.1. The van der Waals surface area contributed by atoms with Gasteiger partial charge in [0.25, 0.3) is 0 Å². The van der Waals surface area contributed by atoms with Crippen LogP contribution in [0, 0.1) is 0 Å². The monoisotopic (exact) mass is 805 g/mol. The fourth-order valence-corrected chi connectivity index (χ4v) is 9.50. The van der Waals surface area contributed by atoms with Gasteiger partial charge in [0.2, 0.25) is 0 Å². The van der Waals surface area contributed by atoms with E-state index in [1.54, 1.807) is 0 Å². The van der Waals surface area contributed by atoms with Crippen LogP contribution >= 0.6 is 0 Å². The van der Waals surface area contributed by atoms with Crippen molar-refractivity contribution >= 4 is 65.7 Å². The van der Waals surface area contributed by atoms with E-state index in [0.717, 1.165) is 100 Å². The van der Waals surface area contributed by atoms with Crippen LogP contribution in [0.1, 0.15) is 0 Å². The van der Waals surface area contributed by atoms with Crippen molar-refractivity contribution in [2.24, 2.45) is 0 Å². The van der Waals surface area contributed by atoms with Gasteiger partial charge in [-0.3, -0.25) is 9.97 Å². The molecule has 0 atom stereocenters. The Balaban J connectivity index is 0.937. The highest BCUT2D eigenvalue weighted by molar-refractivity contribution is 6.12. The van der Waals surface area contributed by atoms with Gasteiger partial charge in [0.05, 0.1) is 39.1 Å². The van der Waals surface area contributed by atoms with Crippen molar-refractivity contribution in [2.75, 3.05) is 0 Å². The van der Waals surface area contributed by atoms with Crippen LogP contribution in [0.15, 0.2) is 217 Å². The van der Waals surface area contributed by atoms with Crippen molar-refractivity contribution in [3.63, 3.8) is 0 Å². The molecule has 7 aromatic carbocycles. The number of fused-ring (bicyclic) bond motifs is 9. The number of pyridine rings is 3. The number of furan rings is 1. The number of para-hydroxylation sites is 2. The Bertz CT molecular complexity index is 3860. The molecule has 0 aliphatic carbocycles. The maximum absolute atomic E-state index is 6.15. The summed E-state index contributed by atoms with van der Waals surface area (Å²) < 4.78 is 10.9. The molecule has 63 heavy (non-hydrogen) atoms. The molecule has 0 radical (unpaired) electrons. The first kappa shape index (κ1) is 35.2. The van der Waals surface area contributed by atoms with Crippen LogP contribution in [0.25, 0.3) is 122 Å². The average molecular weight is 806 g/mol. The summed E-state index contributed by atoms with van der Waals surface area (Å²) in [5, 5.41) is 5.76. The summed E-state index contributed by atoms with van der Waals surface area (Å²) in [6, 6.07) is 68.7. The molecule has 0 saturated heterocycles. The number of aromatic nitrogens is 5. The summed E-state index contributed by atoms with van der Waals surface area (Å²) in [5.41, 5.74) is 17.5. The SMILES string of the molecule is c1ccc(-c2cc(-n3c4ccccc4c4cc(-c5cncc(-c6ccc7c8ccccc8n(-c8ccc9oc%10cccnc%10c9c8)c7c6)c5)ccc43)cc(-c3ccccc3)n2)cc1. The highest BCUT2D eigenvalue weighted by atomic mass is 16.3. The Kier molecular flexibility index (Phi) is 7.80. The standard InChI is InChI=1S/C57H35N5O/c1-3-12-36(13-4-1)49-32-43(33-50(60-49)37-14-5-2-6-15-37)62-52-19-10-8-17-45(52)47-29-38(22-25-53(47)62)40-28-41(35-58-34-40)39-21-24-46-44-16-7-9-18-51(44)61(54(46)30-39)42-23-26-55-48(31-42)57-56(63-55)20-11-27-59-57/h1-35H. The fraction of sp³-hybridized carbons (Fsp3) is 0. The van der Waals surface area contributed by atoms with E-state index in [1.165, 1.54) is 21.5 Å². The van der Waals surface area contributed by atoms with Crippen molar-refractivity contribution in [3.05, 3.63) is 213 Å². The molecule has 0 saturated carbocycles. The van der Waals surface area contributed by atoms with Crippen molar-refractivity contribution in [2.45, 2.75) is 0 Å². The highest BCUT2D eigenvalue weighted by Crippen LogP contribution is 2.40. The molecule has 6 heterocycles. The van der Waals surface area contributed by atoms with E-state index in [2.05, 4.69) is 184 Å². The number of hydrogen-bond acceptors (Lipinski definition) is 4. The van der Waals surface area contributed by atoms with E-state index in [9.17, 15) is 0 Å². The van der Waals surface area contributed by atoms with Gasteiger partial charge >= 0.3 is 0 Å². The van der Waals surface area contributed by atoms with E-state index in [0.29, 0.717) is 0 Å². The van der Waals surface area contributed by atoms with Crippen LogP contribution in [-0.2, 0) is 0 Å². The summed E-state index contributed by atoms with van der Waals surface area (Å²) in [5.74, 6) is 0. The van der Waals surface area contributed by atoms with Crippen LogP contribution in [0.4, 0.5) is 0 Å². The maximum atomic E-state index is 6.15. The summed E-state index contributed by atoms with van der Waals surface area (Å²) in [6.45, 7) is 0. The van der Waals surface area contributed by atoms with E-state index in [4.69, 9.17) is 14.4 Å². The molecule has 0 spiro atoms. The van der Waals surface area contributed by atoms with E-state index < -0.39 is 0 Å². The van der Waals surface area contributed by atoms with Gasteiger partial charge in [0.15, 0.2) is 5.58 Å². The first-order chi connectivity index (χ1) is 31.2. The number of hydrogen-bond donors (Lipinski definition) is 0. The number of benzene rings is 7. The van der Waals surface area contributed by atoms with Crippen molar-refractivity contribution < 1.29 is 4.42 Å². The normalized spacial score (nSPS) is 11.8. The molecular weight excluding hydrogens is 771 g/mol. The van der Waals surface area contributed by atoms with Gasteiger partial charge in [-0.1, -0.05) is 115 Å². The van der Waals surface area contributed by atoms with Gasteiger partial charge in [-0.05, 0) is 90.0 Å². The zero-order chi connectivity index (χ0) is 41.4. The second kappa shape index (κ2) is 14.0. The zero-order valence-corrected chi connectivity index (χ0v) is 33.9. The highest BCUT2D eigenvalue weighted by Gasteiger charge is 2.19. The predicted molar refractivity (Wildman–Crippen MR) is 258 cm³/mol. The number of nitrogens with zero attached hydrogens (tertiary/aromatic N) is 5. The molecule has 13 rings (SSSR count). The molecule has 0 N–H and O–H groups in total. The topological polar surface area (TPSA) is 61.7 Å². The molecule has 294 valence electrons. The second-order valence-electron chi connectivity index (χ2n) is 16.1. The third-order valence-electron chi connectivity index (χ3n) is 12.4. The quantitative estimate of drug-likeness (QED) is 0.168. The van der Waals surface area contributed by atoms with Crippen LogP contribution in [0.5, 0.6) is 0 Å². The van der Waals surface area contributed by atoms with E-state index in [-0.39, 0.29) is 0 Å². The molecule has 6 heteroatoms. The lowest BCUT2D eigenvalue weighted by molar-refractivity contribution is 0.668. The van der Waals surface area contributed by atoms with Crippen LogP contribution in [0.2, 0.25) is 0 Å². The van der Waals surface area contributed by atoms with Gasteiger partial charge in [0, 0.05) is 73.5 Å². The lowest BCUT2D eigenvalue weighted by Crippen LogP contribution is -1.98. The molecule has 0 aliphatic rings. The van der Waals surface area contributed by atoms with Crippen molar-refractivity contribution in [3.8, 4) is 56.1 Å². The predicted octanol–water partition coefficient (Wildman–Crippen LogP) is 14.6. The van der Waals surface area contributed by atoms with Gasteiger partial charge in [-0.15, -0.1) is 0 Å². The fourth-order valence-electron chi connectivity index (χ4n) is 9.50. The van der Waals surface area contributed by atoms with Gasteiger partial charge < -0.3 is 13.6 Å². The third kappa shape index (κ3) is 5.69. The Labute approximate surface area is 361 Å². The van der Waals surface area contributed by atoms with Crippen molar-refractivity contribution in [1.29, 1.82) is 0 Å². The minimum absolute atomic E-state index is 0.787. The van der Waals surface area contributed by atoms with E-state index in [1.807, 2.05) is 42.9 Å². The summed E-state index contributed by atoms with van der Waals surface area (Å²) >= 11 is 0. The smallest absolute Gasteiger partial charge is 0.153 e. The van der Waals surface area contributed by atoms with E-state index >= 15 is 0 Å². The average Bonchev–Trinajstić information content (AvgIpc) is 4.01. The minimum Gasteiger partial charge on any atom is -0.454 e. The number of rotatable bonds is 6. The molecule has 0 unspecified atom stereocenters. The van der Waals surface area contributed by atoms with Gasteiger partial charge in [-0.25, -0.2) is 4.98 Å². The zero-order valence-electron chi connectivity index (χ0n) is 33.9. The minimum atomic E-state index is 0.787. The molecule has 13 aromatic rings. The maximum Gasteiger partial charge on any atom is 0.153 e. The lowest BCUT2D eigenvalue weighted by Gasteiger charge is -2.13. The van der Waals surface area contributed by atoms with Crippen LogP contribution in [0.3, 0.4) is 0 Å². The van der Waals surface area contributed by atoms with Gasteiger partial charge in [0.1, 0.15) is 11.1 Å². The summed E-state index contributed by atoms with van der Waals surface area (Å²) in [7, 11) is 0. The largest absolute Gasteiger partial charge is 0.454 e. The molecule has 0 fully saturated rings. The lowest BCUT2D eigenvalue weighted by atomic mass is 9.99. The molecule has 0 amide bonds.